The second kappa shape index (κ2) is 32.9. The first kappa shape index (κ1) is 50.5. The molecule has 2 rings (SSSR count). The van der Waals surface area contributed by atoms with E-state index in [1.54, 1.807) is 24.3 Å². The van der Waals surface area contributed by atoms with Crippen molar-refractivity contribution in [3.63, 3.8) is 0 Å². The second-order valence-corrected chi connectivity index (χ2v) is 16.9. The van der Waals surface area contributed by atoms with E-state index in [2.05, 4.69) is 13.8 Å². The average molecular weight is 775 g/mol. The Balaban J connectivity index is 0.000000962. The van der Waals surface area contributed by atoms with Crippen molar-refractivity contribution in [1.29, 1.82) is 0 Å². The monoisotopic (exact) mass is 774 g/mol. The van der Waals surface area contributed by atoms with Crippen LogP contribution in [0.5, 0.6) is 0 Å². The zero-order valence-corrected chi connectivity index (χ0v) is 36.2. The van der Waals surface area contributed by atoms with Crippen molar-refractivity contribution in [2.24, 2.45) is 0 Å². The van der Waals surface area contributed by atoms with Gasteiger partial charge in [-0.2, -0.15) is 0 Å². The van der Waals surface area contributed by atoms with Crippen LogP contribution >= 0.6 is 0 Å². The number of hydrogen-bond donors (Lipinski definition) is 0. The van der Waals surface area contributed by atoms with Crippen LogP contribution in [0.3, 0.4) is 0 Å². The third kappa shape index (κ3) is 29.5. The predicted molar refractivity (Wildman–Crippen MR) is 213 cm³/mol. The molecule has 288 valence electrons. The van der Waals surface area contributed by atoms with E-state index in [1.807, 2.05) is 0 Å². The van der Waals surface area contributed by atoms with E-state index in [-0.39, 0.29) is 47.5 Å². The molecule has 0 amide bonds. The van der Waals surface area contributed by atoms with Gasteiger partial charge in [-0.05, 0) is 61.1 Å². The van der Waals surface area contributed by atoms with Gasteiger partial charge in [0, 0.05) is 0 Å². The van der Waals surface area contributed by atoms with Gasteiger partial charge in [0.25, 0.3) is 0 Å². The van der Waals surface area contributed by atoms with Crippen molar-refractivity contribution in [3.8, 4) is 0 Å². The standard InChI is InChI=1S/2C21H36O3S.Ca/c2*1-2-3-4-5-6-7-8-9-10-11-12-13-14-15-20-16-18-21(19-17-20)25(22,23)24;/h2*16-19H,2-15H2,1H3,(H,22,23,24);/q;;+2/p-2. The Morgan fingerprint density at radius 1 is 0.353 bits per heavy atom. The third-order valence-electron chi connectivity index (χ3n) is 9.56. The smallest absolute Gasteiger partial charge is 0.744 e. The summed E-state index contributed by atoms with van der Waals surface area (Å²) in [6, 6.07) is 12.7. The van der Waals surface area contributed by atoms with Gasteiger partial charge in [0.05, 0.1) is 9.79 Å². The molecule has 6 nitrogen and oxygen atoms in total. The zero-order valence-electron chi connectivity index (χ0n) is 32.4. The van der Waals surface area contributed by atoms with Crippen LogP contribution in [0.4, 0.5) is 0 Å². The normalized spacial score (nSPS) is 11.5. The molecular formula is C42H70CaO6S2. The van der Waals surface area contributed by atoms with Gasteiger partial charge in [0.2, 0.25) is 0 Å². The fraction of sp³-hybridized carbons (Fsp3) is 0.714. The van der Waals surface area contributed by atoms with Crippen molar-refractivity contribution in [2.45, 2.75) is 203 Å². The third-order valence-corrected chi connectivity index (χ3v) is 11.3. The van der Waals surface area contributed by atoms with E-state index >= 15 is 0 Å². The Labute approximate surface area is 344 Å². The molecule has 51 heavy (non-hydrogen) atoms. The number of benzene rings is 2. The van der Waals surface area contributed by atoms with Crippen molar-refractivity contribution in [2.75, 3.05) is 0 Å². The van der Waals surface area contributed by atoms with Crippen molar-refractivity contribution in [3.05, 3.63) is 59.7 Å². The summed E-state index contributed by atoms with van der Waals surface area (Å²) in [5, 5.41) is 0. The van der Waals surface area contributed by atoms with E-state index in [0.29, 0.717) is 0 Å². The summed E-state index contributed by atoms with van der Waals surface area (Å²) in [6.07, 6.45) is 36.7. The van der Waals surface area contributed by atoms with Crippen molar-refractivity contribution < 1.29 is 25.9 Å². The maximum Gasteiger partial charge on any atom is 2.00 e. The van der Waals surface area contributed by atoms with Crippen LogP contribution in [0.25, 0.3) is 0 Å². The van der Waals surface area contributed by atoms with Gasteiger partial charge < -0.3 is 9.11 Å². The molecule has 0 aliphatic carbocycles. The molecule has 0 spiro atoms. The number of rotatable bonds is 30. The molecule has 0 aliphatic heterocycles. The quantitative estimate of drug-likeness (QED) is 0.0443. The van der Waals surface area contributed by atoms with Crippen LogP contribution in [-0.4, -0.2) is 63.7 Å². The summed E-state index contributed by atoms with van der Waals surface area (Å²) >= 11 is 0. The molecule has 0 saturated heterocycles. The van der Waals surface area contributed by atoms with Gasteiger partial charge in [-0.1, -0.05) is 192 Å². The predicted octanol–water partition coefficient (Wildman–Crippen LogP) is 12.1. The molecule has 0 heterocycles. The molecule has 0 unspecified atom stereocenters. The van der Waals surface area contributed by atoms with E-state index in [9.17, 15) is 25.9 Å². The van der Waals surface area contributed by atoms with Crippen LogP contribution in [0, 0.1) is 0 Å². The summed E-state index contributed by atoms with van der Waals surface area (Å²) in [5.74, 6) is 0. The first-order chi connectivity index (χ1) is 24.1. The van der Waals surface area contributed by atoms with Gasteiger partial charge in [-0.3, -0.25) is 0 Å². The Hall–Kier alpha value is -0.480. The minimum Gasteiger partial charge on any atom is -0.744 e. The van der Waals surface area contributed by atoms with Crippen LogP contribution in [0.1, 0.15) is 192 Å². The molecule has 0 aliphatic rings. The topological polar surface area (TPSA) is 114 Å². The number of unbranched alkanes of at least 4 members (excludes halogenated alkanes) is 24. The zero-order chi connectivity index (χ0) is 36.8. The SMILES string of the molecule is CCCCCCCCCCCCCCCc1ccc(S(=O)(=O)[O-])cc1.CCCCCCCCCCCCCCCc1ccc(S(=O)(=O)[O-])cc1.[Ca+2]. The minimum atomic E-state index is -4.32. The minimum absolute atomic E-state index is 0. The molecular weight excluding hydrogens is 705 g/mol. The van der Waals surface area contributed by atoms with E-state index in [0.717, 1.165) is 36.8 Å². The van der Waals surface area contributed by atoms with Gasteiger partial charge in [0.15, 0.2) is 0 Å². The van der Waals surface area contributed by atoms with Crippen LogP contribution in [-0.2, 0) is 33.1 Å². The molecule has 0 atom stereocenters. The van der Waals surface area contributed by atoms with E-state index in [1.165, 1.54) is 178 Å². The molecule has 2 aromatic rings. The fourth-order valence-corrected chi connectivity index (χ4v) is 7.28. The molecule has 0 radical (unpaired) electrons. The molecule has 0 saturated carbocycles. The van der Waals surface area contributed by atoms with Crippen molar-refractivity contribution in [1.82, 2.24) is 0 Å². The summed E-state index contributed by atoms with van der Waals surface area (Å²) in [5.41, 5.74) is 2.21. The second-order valence-electron chi connectivity index (χ2n) is 14.2. The first-order valence-electron chi connectivity index (χ1n) is 20.2. The number of aryl methyl sites for hydroxylation is 2. The van der Waals surface area contributed by atoms with Gasteiger partial charge in [0.1, 0.15) is 20.2 Å². The molecule has 2 aromatic carbocycles. The molecule has 0 fully saturated rings. The molecule has 9 heteroatoms. The maximum atomic E-state index is 10.9. The van der Waals surface area contributed by atoms with E-state index < -0.39 is 20.2 Å². The largest absolute Gasteiger partial charge is 2.00 e. The van der Waals surface area contributed by atoms with Crippen LogP contribution in [0.15, 0.2) is 58.3 Å². The molecule has 0 aromatic heterocycles. The fourth-order valence-electron chi connectivity index (χ4n) is 6.34. The molecule has 0 bridgehead atoms. The Morgan fingerprint density at radius 2 is 0.549 bits per heavy atom. The number of hydrogen-bond acceptors (Lipinski definition) is 6. The maximum absolute atomic E-state index is 10.9. The summed E-state index contributed by atoms with van der Waals surface area (Å²) in [7, 11) is -8.64. The average Bonchev–Trinajstić information content (AvgIpc) is 3.09. The van der Waals surface area contributed by atoms with Gasteiger partial charge in [-0.15, -0.1) is 0 Å². The first-order valence-corrected chi connectivity index (χ1v) is 23.0. The van der Waals surface area contributed by atoms with Crippen molar-refractivity contribution >= 4 is 58.0 Å². The summed E-state index contributed by atoms with van der Waals surface area (Å²) in [4.78, 5) is -0.275. The summed E-state index contributed by atoms with van der Waals surface area (Å²) in [6.45, 7) is 4.52. The van der Waals surface area contributed by atoms with E-state index in [4.69, 9.17) is 0 Å². The Morgan fingerprint density at radius 3 is 0.745 bits per heavy atom. The summed E-state index contributed by atoms with van der Waals surface area (Å²) < 4.78 is 65.2. The van der Waals surface area contributed by atoms with Gasteiger partial charge in [-0.25, -0.2) is 16.8 Å². The Bertz CT molecular complexity index is 1180. The van der Waals surface area contributed by atoms with Crippen LogP contribution in [0.2, 0.25) is 0 Å². The molecule has 0 N–H and O–H groups in total. The Kier molecular flexibility index (Phi) is 32.6. The van der Waals surface area contributed by atoms with Crippen LogP contribution < -0.4 is 0 Å². The van der Waals surface area contributed by atoms with Gasteiger partial charge >= 0.3 is 37.7 Å².